The molecule has 0 aromatic rings. The van der Waals surface area contributed by atoms with Crippen molar-refractivity contribution in [3.05, 3.63) is 23.2 Å². The van der Waals surface area contributed by atoms with Gasteiger partial charge in [0.25, 0.3) is 0 Å². The van der Waals surface area contributed by atoms with Gasteiger partial charge in [0.15, 0.2) is 12.6 Å². The molecule has 1 aliphatic carbocycles. The molecule has 0 amide bonds. The van der Waals surface area contributed by atoms with Gasteiger partial charge in [-0.1, -0.05) is 6.08 Å². The van der Waals surface area contributed by atoms with Crippen LogP contribution in [0.1, 0.15) is 44.9 Å². The van der Waals surface area contributed by atoms with Crippen molar-refractivity contribution in [1.82, 2.24) is 5.32 Å². The van der Waals surface area contributed by atoms with Crippen molar-refractivity contribution in [3.8, 4) is 0 Å². The van der Waals surface area contributed by atoms with Gasteiger partial charge < -0.3 is 68.4 Å². The van der Waals surface area contributed by atoms with Crippen molar-refractivity contribution in [1.29, 1.82) is 0 Å². The van der Waals surface area contributed by atoms with E-state index in [1.807, 2.05) is 0 Å². The van der Waals surface area contributed by atoms with Gasteiger partial charge in [-0.05, 0) is 38.5 Å². The predicted molar refractivity (Wildman–Crippen MR) is 124 cm³/mol. The van der Waals surface area contributed by atoms with E-state index in [0.29, 0.717) is 12.8 Å². The minimum absolute atomic E-state index is 0.0157. The zero-order chi connectivity index (χ0) is 25.8. The lowest BCUT2D eigenvalue weighted by molar-refractivity contribution is -0.231. The van der Waals surface area contributed by atoms with E-state index in [1.165, 1.54) is 13.1 Å². The molecule has 200 valence electrons. The molecule has 13 nitrogen and oxygen atoms in total. The van der Waals surface area contributed by atoms with E-state index >= 15 is 0 Å². The van der Waals surface area contributed by atoms with Crippen molar-refractivity contribution in [2.75, 3.05) is 13.7 Å². The number of hydrogen-bond acceptors (Lipinski definition) is 13. The SMILES string of the molecule is CN/C(=C(/O)CC/C=C(/N)[C@H](O)O[C@H]1CC[C@H](N)CC1N)C(O)O[C@@H](O)C(O)C[C@H](N)CCO. The Morgan fingerprint density at radius 2 is 1.82 bits per heavy atom. The molecule has 0 aromatic carbocycles. The zero-order valence-corrected chi connectivity index (χ0v) is 19.7. The van der Waals surface area contributed by atoms with Gasteiger partial charge >= 0.3 is 0 Å². The molecular formula is C21H43N5O8. The smallest absolute Gasteiger partial charge is 0.202 e. The lowest BCUT2D eigenvalue weighted by Crippen LogP contribution is -2.48. The summed E-state index contributed by atoms with van der Waals surface area (Å²) in [6.07, 6.45) is -2.87. The van der Waals surface area contributed by atoms with Gasteiger partial charge in [0, 0.05) is 38.2 Å². The lowest BCUT2D eigenvalue weighted by Gasteiger charge is -2.33. The molecule has 0 spiro atoms. The molecule has 0 aromatic heterocycles. The summed E-state index contributed by atoms with van der Waals surface area (Å²) in [5.41, 5.74) is 23.4. The highest BCUT2D eigenvalue weighted by Crippen LogP contribution is 2.21. The second-order valence-electron chi connectivity index (χ2n) is 8.57. The van der Waals surface area contributed by atoms with Crippen molar-refractivity contribution in [3.63, 3.8) is 0 Å². The molecule has 1 saturated carbocycles. The fourth-order valence-corrected chi connectivity index (χ4v) is 3.65. The Labute approximate surface area is 200 Å². The molecule has 0 aliphatic heterocycles. The third-order valence-corrected chi connectivity index (χ3v) is 5.69. The van der Waals surface area contributed by atoms with Gasteiger partial charge in [0.05, 0.1) is 11.8 Å². The molecule has 0 radical (unpaired) electrons. The van der Waals surface area contributed by atoms with Crippen LogP contribution in [-0.4, -0.2) is 93.5 Å². The standard InChI is InChI=1S/C21H43N5O8/c1-26-18(21(32)34-20(31)16(29)10-12(23)7-8-27)15(28)4-2-3-13(24)19(30)33-17-6-5-11(22)9-14(17)25/h3,11-12,14,16-17,19-21,26-32H,2,4-10,22-25H2,1H3/b13-3+,18-15+/t11-,12+,14?,16?,17-,19+,20+,21?/m0/s1. The molecule has 13 heteroatoms. The Hall–Kier alpha value is -1.52. The molecule has 34 heavy (non-hydrogen) atoms. The van der Waals surface area contributed by atoms with Crippen molar-refractivity contribution < 1.29 is 40.1 Å². The number of likely N-dealkylation sites (N-methyl/N-ethyl adjacent to an activating group) is 1. The van der Waals surface area contributed by atoms with Gasteiger partial charge in [0.1, 0.15) is 17.6 Å². The van der Waals surface area contributed by atoms with Crippen LogP contribution in [0.5, 0.6) is 0 Å². The number of aliphatic hydroxyl groups is 6. The normalized spacial score (nSPS) is 26.9. The van der Waals surface area contributed by atoms with Gasteiger partial charge in [0.2, 0.25) is 6.29 Å². The van der Waals surface area contributed by atoms with Crippen LogP contribution < -0.4 is 28.3 Å². The summed E-state index contributed by atoms with van der Waals surface area (Å²) in [5, 5.41) is 62.0. The topological polar surface area (TPSA) is 256 Å². The number of rotatable bonds is 15. The van der Waals surface area contributed by atoms with E-state index in [2.05, 4.69) is 5.32 Å². The number of nitrogens with two attached hydrogens (primary N) is 4. The Morgan fingerprint density at radius 3 is 2.41 bits per heavy atom. The van der Waals surface area contributed by atoms with Gasteiger partial charge in [-0.2, -0.15) is 0 Å². The Bertz CT molecular complexity index is 653. The summed E-state index contributed by atoms with van der Waals surface area (Å²) in [6.45, 7) is -0.168. The van der Waals surface area contributed by atoms with Crippen molar-refractivity contribution in [2.45, 2.75) is 94.1 Å². The van der Waals surface area contributed by atoms with Crippen LogP contribution in [0.3, 0.4) is 0 Å². The monoisotopic (exact) mass is 493 g/mol. The average Bonchev–Trinajstić information content (AvgIpc) is 2.76. The maximum Gasteiger partial charge on any atom is 0.202 e. The van der Waals surface area contributed by atoms with Crippen LogP contribution in [0.2, 0.25) is 0 Å². The van der Waals surface area contributed by atoms with Crippen LogP contribution in [0.25, 0.3) is 0 Å². The first kappa shape index (κ1) is 30.5. The minimum atomic E-state index is -1.78. The summed E-state index contributed by atoms with van der Waals surface area (Å²) >= 11 is 0. The number of hydrogen-bond donors (Lipinski definition) is 11. The second kappa shape index (κ2) is 15.5. The molecule has 1 rings (SSSR count). The molecule has 0 saturated heterocycles. The first-order valence-electron chi connectivity index (χ1n) is 11.5. The number of ether oxygens (including phenoxy) is 2. The van der Waals surface area contributed by atoms with E-state index in [-0.39, 0.29) is 67.6 Å². The van der Waals surface area contributed by atoms with Gasteiger partial charge in [-0.25, -0.2) is 0 Å². The summed E-state index contributed by atoms with van der Waals surface area (Å²) < 4.78 is 10.5. The Morgan fingerprint density at radius 1 is 1.15 bits per heavy atom. The van der Waals surface area contributed by atoms with E-state index in [0.717, 1.165) is 6.42 Å². The highest BCUT2D eigenvalue weighted by Gasteiger charge is 2.29. The minimum Gasteiger partial charge on any atom is -0.510 e. The van der Waals surface area contributed by atoms with Crippen molar-refractivity contribution >= 4 is 0 Å². The molecule has 15 N–H and O–H groups in total. The van der Waals surface area contributed by atoms with Gasteiger partial charge in [-0.15, -0.1) is 0 Å². The molecule has 1 fully saturated rings. The Kier molecular flexibility index (Phi) is 13.9. The molecule has 8 atom stereocenters. The van der Waals surface area contributed by atoms with Crippen LogP contribution in [0.15, 0.2) is 23.2 Å². The maximum absolute atomic E-state index is 10.3. The molecule has 0 bridgehead atoms. The van der Waals surface area contributed by atoms with E-state index in [1.54, 1.807) is 0 Å². The Balaban J connectivity index is 2.59. The third-order valence-electron chi connectivity index (χ3n) is 5.69. The van der Waals surface area contributed by atoms with E-state index in [4.69, 9.17) is 37.5 Å². The second-order valence-corrected chi connectivity index (χ2v) is 8.57. The highest BCUT2D eigenvalue weighted by atomic mass is 16.7. The quantitative estimate of drug-likeness (QED) is 0.0818. The fourth-order valence-electron chi connectivity index (χ4n) is 3.65. The molecule has 1 aliphatic rings. The highest BCUT2D eigenvalue weighted by molar-refractivity contribution is 5.10. The largest absolute Gasteiger partial charge is 0.510 e. The average molecular weight is 494 g/mol. The molecular weight excluding hydrogens is 450 g/mol. The van der Waals surface area contributed by atoms with E-state index in [9.17, 15) is 25.5 Å². The lowest BCUT2D eigenvalue weighted by atomic mass is 9.89. The summed E-state index contributed by atoms with van der Waals surface area (Å²) in [6, 6.07) is -0.841. The van der Waals surface area contributed by atoms with Gasteiger partial charge in [-0.3, -0.25) is 0 Å². The van der Waals surface area contributed by atoms with E-state index < -0.39 is 31.0 Å². The van der Waals surface area contributed by atoms with Crippen LogP contribution in [-0.2, 0) is 9.47 Å². The maximum atomic E-state index is 10.3. The van der Waals surface area contributed by atoms with Crippen LogP contribution in [0, 0.1) is 0 Å². The molecule has 0 heterocycles. The number of nitrogens with one attached hydrogen (secondary N) is 1. The third kappa shape index (κ3) is 10.4. The summed E-state index contributed by atoms with van der Waals surface area (Å²) in [4.78, 5) is 0. The van der Waals surface area contributed by atoms with Crippen LogP contribution >= 0.6 is 0 Å². The molecule has 3 unspecified atom stereocenters. The summed E-state index contributed by atoms with van der Waals surface area (Å²) in [5.74, 6) is -0.281. The zero-order valence-electron chi connectivity index (χ0n) is 19.7. The number of allylic oxidation sites excluding steroid dienone is 2. The van der Waals surface area contributed by atoms with Crippen molar-refractivity contribution in [2.24, 2.45) is 22.9 Å². The summed E-state index contributed by atoms with van der Waals surface area (Å²) in [7, 11) is 1.43. The first-order valence-corrected chi connectivity index (χ1v) is 11.5. The first-order chi connectivity index (χ1) is 16.0. The fraction of sp³-hybridized carbons (Fsp3) is 0.810. The van der Waals surface area contributed by atoms with Crippen LogP contribution in [0.4, 0.5) is 0 Å². The predicted octanol–water partition coefficient (Wildman–Crippen LogP) is -2.75. The number of aliphatic hydroxyl groups excluding tert-OH is 6.